The van der Waals surface area contributed by atoms with Crippen LogP contribution in [-0.4, -0.2) is 11.1 Å². The normalized spacial score (nSPS) is 16.8. The van der Waals surface area contributed by atoms with E-state index in [-0.39, 0.29) is 12.5 Å². The molecule has 1 unspecified atom stereocenters. The van der Waals surface area contributed by atoms with Gasteiger partial charge < -0.3 is 10.8 Å². The Hall–Kier alpha value is -1.06. The summed E-state index contributed by atoms with van der Waals surface area (Å²) in [6, 6.07) is 5.61. The second kappa shape index (κ2) is 5.07. The fourth-order valence-electron chi connectivity index (χ4n) is 1.95. The number of halogens is 1. The molecule has 1 aliphatic rings. The van der Waals surface area contributed by atoms with Crippen LogP contribution in [0.1, 0.15) is 48.8 Å². The van der Waals surface area contributed by atoms with Crippen molar-refractivity contribution in [1.29, 1.82) is 0 Å². The first-order valence-corrected chi connectivity index (χ1v) is 6.22. The summed E-state index contributed by atoms with van der Waals surface area (Å²) in [6.07, 6.45) is 2.95. The van der Waals surface area contributed by atoms with E-state index in [1.807, 2.05) is 18.2 Å². The molecule has 0 aromatic heterocycles. The number of hydrogen-bond acceptors (Lipinski definition) is 2. The summed E-state index contributed by atoms with van der Waals surface area (Å²) < 4.78 is 0. The van der Waals surface area contributed by atoms with Crippen LogP contribution >= 0.6 is 11.6 Å². The van der Waals surface area contributed by atoms with E-state index in [0.29, 0.717) is 12.3 Å². The lowest BCUT2D eigenvalue weighted by Gasteiger charge is -2.12. The lowest BCUT2D eigenvalue weighted by molar-refractivity contribution is -0.137. The molecular formula is C13H16ClNO2. The highest BCUT2D eigenvalue weighted by Gasteiger charge is 2.25. The molecule has 1 aromatic carbocycles. The maximum absolute atomic E-state index is 10.5. The molecule has 0 aliphatic heterocycles. The van der Waals surface area contributed by atoms with Crippen LogP contribution in [0.15, 0.2) is 18.2 Å². The van der Waals surface area contributed by atoms with E-state index >= 15 is 0 Å². The van der Waals surface area contributed by atoms with Crippen molar-refractivity contribution in [3.05, 3.63) is 34.3 Å². The quantitative estimate of drug-likeness (QED) is 0.848. The summed E-state index contributed by atoms with van der Waals surface area (Å²) in [5.74, 6) is -0.201. The Morgan fingerprint density at radius 2 is 2.24 bits per heavy atom. The van der Waals surface area contributed by atoms with Crippen molar-refractivity contribution in [2.24, 2.45) is 5.73 Å². The molecule has 1 fully saturated rings. The number of aliphatic carboxylic acids is 1. The monoisotopic (exact) mass is 253 g/mol. The van der Waals surface area contributed by atoms with E-state index < -0.39 is 5.97 Å². The Morgan fingerprint density at radius 1 is 1.53 bits per heavy atom. The van der Waals surface area contributed by atoms with E-state index in [1.165, 1.54) is 18.4 Å². The van der Waals surface area contributed by atoms with Crippen LogP contribution in [0, 0.1) is 0 Å². The molecule has 1 aliphatic carbocycles. The van der Waals surface area contributed by atoms with Gasteiger partial charge in [0.15, 0.2) is 0 Å². The van der Waals surface area contributed by atoms with Gasteiger partial charge in [-0.25, -0.2) is 0 Å². The Balaban J connectivity index is 2.05. The van der Waals surface area contributed by atoms with Gasteiger partial charge in [-0.15, -0.1) is 0 Å². The second-order valence-corrected chi connectivity index (χ2v) is 5.00. The number of hydrogen-bond donors (Lipinski definition) is 2. The Bertz CT molecular complexity index is 429. The molecule has 3 N–H and O–H groups in total. The van der Waals surface area contributed by atoms with Gasteiger partial charge in [0.2, 0.25) is 0 Å². The smallest absolute Gasteiger partial charge is 0.303 e. The predicted molar refractivity (Wildman–Crippen MR) is 67.2 cm³/mol. The molecule has 1 saturated carbocycles. The molecular weight excluding hydrogens is 238 g/mol. The largest absolute Gasteiger partial charge is 0.481 e. The molecule has 3 nitrogen and oxygen atoms in total. The molecule has 92 valence electrons. The van der Waals surface area contributed by atoms with Crippen molar-refractivity contribution in [1.82, 2.24) is 0 Å². The number of rotatable bonds is 5. The van der Waals surface area contributed by atoms with E-state index in [2.05, 4.69) is 0 Å². The molecule has 0 heterocycles. The van der Waals surface area contributed by atoms with E-state index in [9.17, 15) is 4.79 Å². The van der Waals surface area contributed by atoms with Crippen molar-refractivity contribution in [3.63, 3.8) is 0 Å². The molecule has 1 atom stereocenters. The van der Waals surface area contributed by atoms with Gasteiger partial charge >= 0.3 is 5.97 Å². The zero-order valence-corrected chi connectivity index (χ0v) is 10.3. The molecule has 4 heteroatoms. The Labute approximate surface area is 106 Å². The lowest BCUT2D eigenvalue weighted by atomic mass is 10.00. The zero-order valence-electron chi connectivity index (χ0n) is 9.53. The molecule has 17 heavy (non-hydrogen) atoms. The van der Waals surface area contributed by atoms with Gasteiger partial charge in [-0.1, -0.05) is 23.7 Å². The van der Waals surface area contributed by atoms with Crippen LogP contribution in [0.3, 0.4) is 0 Å². The van der Waals surface area contributed by atoms with Crippen LogP contribution in [0.2, 0.25) is 5.02 Å². The minimum Gasteiger partial charge on any atom is -0.481 e. The number of carboxylic acids is 1. The highest BCUT2D eigenvalue weighted by Crippen LogP contribution is 2.43. The van der Waals surface area contributed by atoms with Gasteiger partial charge in [0.25, 0.3) is 0 Å². The molecule has 1 aromatic rings. The second-order valence-electron chi connectivity index (χ2n) is 4.59. The number of carbonyl (C=O) groups is 1. The van der Waals surface area contributed by atoms with Gasteiger partial charge in [-0.05, 0) is 42.4 Å². The van der Waals surface area contributed by atoms with Gasteiger partial charge in [0.05, 0.1) is 0 Å². The number of nitrogens with two attached hydrogens (primary N) is 1. The van der Waals surface area contributed by atoms with Gasteiger partial charge in [-0.2, -0.15) is 0 Å². The van der Waals surface area contributed by atoms with Crippen molar-refractivity contribution >= 4 is 17.6 Å². The van der Waals surface area contributed by atoms with Crippen molar-refractivity contribution in [2.75, 3.05) is 0 Å². The maximum Gasteiger partial charge on any atom is 0.303 e. The van der Waals surface area contributed by atoms with Crippen LogP contribution in [0.25, 0.3) is 0 Å². The summed E-state index contributed by atoms with van der Waals surface area (Å²) >= 11 is 6.20. The summed E-state index contributed by atoms with van der Waals surface area (Å²) in [6.45, 7) is 0. The minimum absolute atomic E-state index is 0.0865. The van der Waals surface area contributed by atoms with Crippen molar-refractivity contribution in [3.8, 4) is 0 Å². The lowest BCUT2D eigenvalue weighted by Crippen LogP contribution is -2.12. The summed E-state index contributed by atoms with van der Waals surface area (Å²) in [4.78, 5) is 10.5. The minimum atomic E-state index is -0.818. The number of carboxylic acid groups (broad SMARTS) is 1. The highest BCUT2D eigenvalue weighted by atomic mass is 35.5. The van der Waals surface area contributed by atoms with Gasteiger partial charge in [-0.3, -0.25) is 4.79 Å². The van der Waals surface area contributed by atoms with E-state index in [4.69, 9.17) is 22.4 Å². The predicted octanol–water partition coefficient (Wildman–Crippen LogP) is 3.08. The first-order chi connectivity index (χ1) is 8.08. The molecule has 0 amide bonds. The molecule has 0 radical (unpaired) electrons. The first kappa shape index (κ1) is 12.4. The topological polar surface area (TPSA) is 63.3 Å². The van der Waals surface area contributed by atoms with Crippen LogP contribution < -0.4 is 5.73 Å². The molecule has 0 saturated heterocycles. The standard InChI is InChI=1S/C13H16ClNO2/c14-11-7-9(12(15)5-6-13(16)17)3-4-10(11)8-1-2-8/h3-4,7-8,12H,1-2,5-6,15H2,(H,16,17). The third-order valence-corrected chi connectivity index (χ3v) is 3.47. The summed E-state index contributed by atoms with van der Waals surface area (Å²) in [7, 11) is 0. The third-order valence-electron chi connectivity index (χ3n) is 3.14. The Morgan fingerprint density at radius 3 is 2.76 bits per heavy atom. The van der Waals surface area contributed by atoms with E-state index in [1.54, 1.807) is 0 Å². The highest BCUT2D eigenvalue weighted by molar-refractivity contribution is 6.31. The van der Waals surface area contributed by atoms with Crippen molar-refractivity contribution < 1.29 is 9.90 Å². The molecule has 0 bridgehead atoms. The first-order valence-electron chi connectivity index (χ1n) is 5.84. The third kappa shape index (κ3) is 3.20. The molecule has 0 spiro atoms. The zero-order chi connectivity index (χ0) is 12.4. The van der Waals surface area contributed by atoms with Crippen LogP contribution in [-0.2, 0) is 4.79 Å². The van der Waals surface area contributed by atoms with Crippen LogP contribution in [0.5, 0.6) is 0 Å². The van der Waals surface area contributed by atoms with Crippen molar-refractivity contribution in [2.45, 2.75) is 37.6 Å². The average Bonchev–Trinajstić information content (AvgIpc) is 3.09. The van der Waals surface area contributed by atoms with Gasteiger partial charge in [0, 0.05) is 17.5 Å². The fraction of sp³-hybridized carbons (Fsp3) is 0.462. The Kier molecular flexibility index (Phi) is 3.69. The molecule has 2 rings (SSSR count). The number of benzene rings is 1. The maximum atomic E-state index is 10.5. The SMILES string of the molecule is NC(CCC(=O)O)c1ccc(C2CC2)c(Cl)c1. The average molecular weight is 254 g/mol. The fourth-order valence-corrected chi connectivity index (χ4v) is 2.29. The van der Waals surface area contributed by atoms with Crippen LogP contribution in [0.4, 0.5) is 0 Å². The summed E-state index contributed by atoms with van der Waals surface area (Å²) in [5.41, 5.74) is 8.04. The van der Waals surface area contributed by atoms with Gasteiger partial charge in [0.1, 0.15) is 0 Å². The summed E-state index contributed by atoms with van der Waals surface area (Å²) in [5, 5.41) is 9.37. The van der Waals surface area contributed by atoms with E-state index in [0.717, 1.165) is 10.6 Å².